The first-order chi connectivity index (χ1) is 15.5. The lowest BCUT2D eigenvalue weighted by Gasteiger charge is -2.32. The monoisotopic (exact) mass is 442 g/mol. The molecular weight excluding hydrogens is 419 g/mol. The molecule has 0 atom stereocenters. The minimum absolute atomic E-state index is 0.125. The number of amides is 4. The SMILES string of the molecule is O=C(NCC1CCN(C(=O)Nc2ccc(F)cc2)CC1)C(=O)Nc1ccc2c(c1)OCO2. The van der Waals surface area contributed by atoms with Gasteiger partial charge in [0.2, 0.25) is 6.79 Å². The van der Waals surface area contributed by atoms with Crippen LogP contribution in [0.3, 0.4) is 0 Å². The fourth-order valence-electron chi connectivity index (χ4n) is 3.56. The number of rotatable bonds is 4. The van der Waals surface area contributed by atoms with Crippen molar-refractivity contribution < 1.29 is 28.2 Å². The van der Waals surface area contributed by atoms with E-state index in [-0.39, 0.29) is 24.6 Å². The highest BCUT2D eigenvalue weighted by molar-refractivity contribution is 6.39. The number of likely N-dealkylation sites (tertiary alicyclic amines) is 1. The number of nitrogens with zero attached hydrogens (tertiary/aromatic N) is 1. The van der Waals surface area contributed by atoms with Gasteiger partial charge in [-0.25, -0.2) is 9.18 Å². The lowest BCUT2D eigenvalue weighted by Crippen LogP contribution is -2.44. The number of carbonyl (C=O) groups excluding carboxylic acids is 3. The molecule has 2 aliphatic rings. The average molecular weight is 442 g/mol. The van der Waals surface area contributed by atoms with Crippen molar-refractivity contribution in [2.45, 2.75) is 12.8 Å². The Hall–Kier alpha value is -3.82. The molecule has 2 aromatic rings. The van der Waals surface area contributed by atoms with Crippen LogP contribution < -0.4 is 25.4 Å². The van der Waals surface area contributed by atoms with E-state index in [1.807, 2.05) is 0 Å². The third-order valence-electron chi connectivity index (χ3n) is 5.39. The molecular formula is C22H23FN4O5. The number of carbonyl (C=O) groups is 3. The highest BCUT2D eigenvalue weighted by Crippen LogP contribution is 2.34. The minimum atomic E-state index is -0.764. The van der Waals surface area contributed by atoms with Crippen LogP contribution in [0, 0.1) is 11.7 Å². The molecule has 2 aliphatic heterocycles. The summed E-state index contributed by atoms with van der Waals surface area (Å²) in [4.78, 5) is 38.3. The molecule has 1 saturated heterocycles. The molecule has 32 heavy (non-hydrogen) atoms. The first-order valence-corrected chi connectivity index (χ1v) is 10.3. The van der Waals surface area contributed by atoms with Crippen molar-refractivity contribution >= 4 is 29.2 Å². The molecule has 10 heteroatoms. The molecule has 4 amide bonds. The van der Waals surface area contributed by atoms with Crippen molar-refractivity contribution in [3.05, 3.63) is 48.3 Å². The van der Waals surface area contributed by atoms with Crippen molar-refractivity contribution in [1.29, 1.82) is 0 Å². The van der Waals surface area contributed by atoms with Gasteiger partial charge in [0.15, 0.2) is 11.5 Å². The summed E-state index contributed by atoms with van der Waals surface area (Å²) in [5, 5.41) is 7.93. The molecule has 0 saturated carbocycles. The third-order valence-corrected chi connectivity index (χ3v) is 5.39. The fraction of sp³-hybridized carbons (Fsp3) is 0.318. The summed E-state index contributed by atoms with van der Waals surface area (Å²) in [6, 6.07) is 10.2. The Morgan fingerprint density at radius 3 is 2.34 bits per heavy atom. The molecule has 4 rings (SSSR count). The molecule has 1 fully saturated rings. The smallest absolute Gasteiger partial charge is 0.321 e. The number of benzene rings is 2. The first-order valence-electron chi connectivity index (χ1n) is 10.3. The van der Waals surface area contributed by atoms with Crippen LogP contribution in [-0.2, 0) is 9.59 Å². The van der Waals surface area contributed by atoms with E-state index in [1.165, 1.54) is 24.3 Å². The number of hydrogen-bond donors (Lipinski definition) is 3. The van der Waals surface area contributed by atoms with Gasteiger partial charge >= 0.3 is 17.8 Å². The number of halogens is 1. The van der Waals surface area contributed by atoms with Gasteiger partial charge in [-0.1, -0.05) is 0 Å². The van der Waals surface area contributed by atoms with Crippen molar-refractivity contribution in [3.63, 3.8) is 0 Å². The topological polar surface area (TPSA) is 109 Å². The minimum Gasteiger partial charge on any atom is -0.454 e. The lowest BCUT2D eigenvalue weighted by atomic mass is 9.97. The van der Waals surface area contributed by atoms with Gasteiger partial charge < -0.3 is 30.3 Å². The van der Waals surface area contributed by atoms with Gasteiger partial charge in [0.1, 0.15) is 5.82 Å². The molecule has 0 aromatic heterocycles. The third kappa shape index (κ3) is 5.26. The van der Waals surface area contributed by atoms with E-state index in [2.05, 4.69) is 16.0 Å². The summed E-state index contributed by atoms with van der Waals surface area (Å²) in [5.74, 6) is -0.592. The van der Waals surface area contributed by atoms with Crippen LogP contribution >= 0.6 is 0 Å². The number of urea groups is 1. The molecule has 3 N–H and O–H groups in total. The largest absolute Gasteiger partial charge is 0.454 e. The second-order valence-electron chi connectivity index (χ2n) is 7.60. The van der Waals surface area contributed by atoms with Gasteiger partial charge in [0, 0.05) is 37.1 Å². The molecule has 0 unspecified atom stereocenters. The maximum Gasteiger partial charge on any atom is 0.321 e. The maximum absolute atomic E-state index is 13.0. The van der Waals surface area contributed by atoms with Crippen molar-refractivity contribution in [2.75, 3.05) is 37.1 Å². The van der Waals surface area contributed by atoms with Crippen LogP contribution in [0.1, 0.15) is 12.8 Å². The van der Waals surface area contributed by atoms with E-state index < -0.39 is 11.8 Å². The number of hydrogen-bond acceptors (Lipinski definition) is 5. The number of anilines is 2. The maximum atomic E-state index is 13.0. The predicted molar refractivity (Wildman–Crippen MR) is 114 cm³/mol. The normalized spacial score (nSPS) is 15.2. The molecule has 2 heterocycles. The molecule has 0 radical (unpaired) electrons. The van der Waals surface area contributed by atoms with Gasteiger partial charge in [-0.3, -0.25) is 9.59 Å². The van der Waals surface area contributed by atoms with Gasteiger partial charge in [-0.2, -0.15) is 0 Å². The van der Waals surface area contributed by atoms with Crippen LogP contribution in [0.4, 0.5) is 20.6 Å². The van der Waals surface area contributed by atoms with Gasteiger partial charge in [-0.05, 0) is 55.2 Å². The van der Waals surface area contributed by atoms with E-state index in [0.717, 1.165) is 0 Å². The second kappa shape index (κ2) is 9.54. The van der Waals surface area contributed by atoms with Crippen LogP contribution in [0.5, 0.6) is 11.5 Å². The summed E-state index contributed by atoms with van der Waals surface area (Å²) in [7, 11) is 0. The van der Waals surface area contributed by atoms with Gasteiger partial charge in [0.05, 0.1) is 0 Å². The van der Waals surface area contributed by atoms with Crippen LogP contribution in [0.15, 0.2) is 42.5 Å². The predicted octanol–water partition coefficient (Wildman–Crippen LogP) is 2.55. The van der Waals surface area contributed by atoms with E-state index in [0.29, 0.717) is 55.3 Å². The van der Waals surface area contributed by atoms with E-state index in [1.54, 1.807) is 23.1 Å². The zero-order valence-electron chi connectivity index (χ0n) is 17.2. The number of nitrogens with one attached hydrogen (secondary N) is 3. The summed E-state index contributed by atoms with van der Waals surface area (Å²) in [5.41, 5.74) is 0.967. The Labute approximate surface area is 183 Å². The first kappa shape index (κ1) is 21.4. The highest BCUT2D eigenvalue weighted by atomic mass is 19.1. The van der Waals surface area contributed by atoms with E-state index >= 15 is 0 Å². The summed E-state index contributed by atoms with van der Waals surface area (Å²) < 4.78 is 23.4. The Morgan fingerprint density at radius 2 is 1.59 bits per heavy atom. The second-order valence-corrected chi connectivity index (χ2v) is 7.60. The number of piperidine rings is 1. The average Bonchev–Trinajstić information content (AvgIpc) is 3.27. The molecule has 0 bridgehead atoms. The Morgan fingerprint density at radius 1 is 0.906 bits per heavy atom. The number of fused-ring (bicyclic) bond motifs is 1. The highest BCUT2D eigenvalue weighted by Gasteiger charge is 2.24. The standard InChI is InChI=1S/C22H23FN4O5/c23-15-1-3-16(4-2-15)26-22(30)27-9-7-14(8-10-27)12-24-20(28)21(29)25-17-5-6-18-19(11-17)32-13-31-18/h1-6,11,14H,7-10,12-13H2,(H,24,28)(H,25,29)(H,26,30). The lowest BCUT2D eigenvalue weighted by molar-refractivity contribution is -0.136. The molecule has 2 aromatic carbocycles. The fourth-order valence-corrected chi connectivity index (χ4v) is 3.56. The Bertz CT molecular complexity index is 1010. The molecule has 168 valence electrons. The van der Waals surface area contributed by atoms with Gasteiger partial charge in [0.25, 0.3) is 0 Å². The summed E-state index contributed by atoms with van der Waals surface area (Å²) in [6.07, 6.45) is 1.39. The Kier molecular flexibility index (Phi) is 6.39. The van der Waals surface area contributed by atoms with E-state index in [9.17, 15) is 18.8 Å². The van der Waals surface area contributed by atoms with Crippen molar-refractivity contribution in [2.24, 2.45) is 5.92 Å². The molecule has 9 nitrogen and oxygen atoms in total. The van der Waals surface area contributed by atoms with Crippen LogP contribution in [0.25, 0.3) is 0 Å². The zero-order chi connectivity index (χ0) is 22.5. The van der Waals surface area contributed by atoms with Gasteiger partial charge in [-0.15, -0.1) is 0 Å². The van der Waals surface area contributed by atoms with Crippen LogP contribution in [0.2, 0.25) is 0 Å². The van der Waals surface area contributed by atoms with Crippen molar-refractivity contribution in [3.8, 4) is 11.5 Å². The zero-order valence-corrected chi connectivity index (χ0v) is 17.2. The van der Waals surface area contributed by atoms with E-state index in [4.69, 9.17) is 9.47 Å². The quantitative estimate of drug-likeness (QED) is 0.631. The van der Waals surface area contributed by atoms with Crippen LogP contribution in [-0.4, -0.2) is 49.2 Å². The molecule has 0 spiro atoms. The Balaban J connectivity index is 1.18. The van der Waals surface area contributed by atoms with Crippen molar-refractivity contribution in [1.82, 2.24) is 10.2 Å². The summed E-state index contributed by atoms with van der Waals surface area (Å²) >= 11 is 0. The molecule has 0 aliphatic carbocycles. The number of ether oxygens (including phenoxy) is 2. The summed E-state index contributed by atoms with van der Waals surface area (Å²) in [6.45, 7) is 1.52.